The molecule has 0 saturated carbocycles. The molecule has 0 aliphatic carbocycles. The Bertz CT molecular complexity index is 546. The van der Waals surface area contributed by atoms with E-state index in [-0.39, 0.29) is 5.82 Å². The average molecular weight is 316 g/mol. The minimum Gasteiger partial charge on any atom is -0.399 e. The highest BCUT2D eigenvalue weighted by Crippen LogP contribution is 2.36. The third kappa shape index (κ3) is 3.55. The number of hydrogen-bond acceptors (Lipinski definition) is 4. The SMILES string of the molecule is Cc1cc(NCC(F)(F)F)ncc1B1OC(C)(C)C(C)(C)O1. The van der Waals surface area contributed by atoms with Gasteiger partial charge in [0.25, 0.3) is 0 Å². The summed E-state index contributed by atoms with van der Waals surface area (Å²) in [5.74, 6) is 0.176. The number of alkyl halides is 3. The van der Waals surface area contributed by atoms with E-state index in [0.29, 0.717) is 0 Å². The molecule has 1 fully saturated rings. The second-order valence-corrected chi connectivity index (χ2v) is 6.48. The second kappa shape index (κ2) is 5.42. The highest BCUT2D eigenvalue weighted by molar-refractivity contribution is 6.62. The van der Waals surface area contributed by atoms with E-state index in [1.54, 1.807) is 13.0 Å². The Labute approximate surface area is 128 Å². The average Bonchev–Trinajstić information content (AvgIpc) is 2.55. The van der Waals surface area contributed by atoms with Crippen LogP contribution in [0, 0.1) is 6.92 Å². The summed E-state index contributed by atoms with van der Waals surface area (Å²) >= 11 is 0. The molecule has 0 spiro atoms. The molecule has 2 rings (SSSR count). The lowest BCUT2D eigenvalue weighted by atomic mass is 9.77. The molecule has 122 valence electrons. The summed E-state index contributed by atoms with van der Waals surface area (Å²) < 4.78 is 48.5. The summed E-state index contributed by atoms with van der Waals surface area (Å²) in [7, 11) is -0.575. The molecule has 4 nitrogen and oxygen atoms in total. The van der Waals surface area contributed by atoms with Crippen molar-refractivity contribution in [2.24, 2.45) is 0 Å². The summed E-state index contributed by atoms with van der Waals surface area (Å²) in [4.78, 5) is 4.01. The van der Waals surface area contributed by atoms with E-state index in [4.69, 9.17) is 9.31 Å². The van der Waals surface area contributed by atoms with E-state index >= 15 is 0 Å². The van der Waals surface area contributed by atoms with Gasteiger partial charge in [-0.2, -0.15) is 13.2 Å². The Kier molecular flexibility index (Phi) is 4.21. The van der Waals surface area contributed by atoms with Gasteiger partial charge in [-0.05, 0) is 46.2 Å². The quantitative estimate of drug-likeness (QED) is 0.871. The predicted octanol–water partition coefficient (Wildman–Crippen LogP) is 2.66. The van der Waals surface area contributed by atoms with Gasteiger partial charge in [0.15, 0.2) is 0 Å². The van der Waals surface area contributed by atoms with E-state index in [1.807, 2.05) is 27.7 Å². The van der Waals surface area contributed by atoms with Gasteiger partial charge in [-0.25, -0.2) is 4.98 Å². The monoisotopic (exact) mass is 316 g/mol. The number of hydrogen-bond donors (Lipinski definition) is 1. The summed E-state index contributed by atoms with van der Waals surface area (Å²) in [6.45, 7) is 8.43. The predicted molar refractivity (Wildman–Crippen MR) is 79.2 cm³/mol. The molecule has 1 saturated heterocycles. The lowest BCUT2D eigenvalue weighted by molar-refractivity contribution is -0.115. The highest BCUT2D eigenvalue weighted by Gasteiger charge is 2.52. The fourth-order valence-corrected chi connectivity index (χ4v) is 2.07. The fourth-order valence-electron chi connectivity index (χ4n) is 2.07. The largest absolute Gasteiger partial charge is 0.496 e. The lowest BCUT2D eigenvalue weighted by Crippen LogP contribution is -2.41. The van der Waals surface area contributed by atoms with Crippen molar-refractivity contribution >= 4 is 18.4 Å². The van der Waals surface area contributed by atoms with Crippen LogP contribution in [0.1, 0.15) is 33.3 Å². The van der Waals surface area contributed by atoms with Crippen LogP contribution in [-0.4, -0.2) is 36.0 Å². The first kappa shape index (κ1) is 17.1. The molecule has 0 radical (unpaired) electrons. The van der Waals surface area contributed by atoms with E-state index in [2.05, 4.69) is 10.3 Å². The first-order valence-electron chi connectivity index (χ1n) is 7.04. The Morgan fingerprint density at radius 2 is 1.73 bits per heavy atom. The van der Waals surface area contributed by atoms with Crippen LogP contribution < -0.4 is 10.8 Å². The van der Waals surface area contributed by atoms with Crippen molar-refractivity contribution in [3.8, 4) is 0 Å². The lowest BCUT2D eigenvalue weighted by Gasteiger charge is -2.32. The molecule has 0 bridgehead atoms. The Hall–Kier alpha value is -1.28. The normalized spacial score (nSPS) is 20.3. The van der Waals surface area contributed by atoms with Crippen molar-refractivity contribution in [3.63, 3.8) is 0 Å². The number of pyridine rings is 1. The van der Waals surface area contributed by atoms with Crippen LogP contribution in [0.5, 0.6) is 0 Å². The van der Waals surface area contributed by atoms with Crippen LogP contribution in [0.15, 0.2) is 12.3 Å². The molecule has 0 aromatic carbocycles. The maximum Gasteiger partial charge on any atom is 0.496 e. The summed E-state index contributed by atoms with van der Waals surface area (Å²) in [5, 5.41) is 2.26. The molecular weight excluding hydrogens is 296 g/mol. The van der Waals surface area contributed by atoms with Gasteiger partial charge in [-0.1, -0.05) is 0 Å². The molecule has 0 atom stereocenters. The number of nitrogens with zero attached hydrogens (tertiary/aromatic N) is 1. The summed E-state index contributed by atoms with van der Waals surface area (Å²) in [6.07, 6.45) is -2.78. The van der Waals surface area contributed by atoms with Crippen molar-refractivity contribution in [1.29, 1.82) is 0 Å². The zero-order valence-electron chi connectivity index (χ0n) is 13.3. The zero-order chi connectivity index (χ0) is 16.8. The fraction of sp³-hybridized carbons (Fsp3) is 0.643. The maximum absolute atomic E-state index is 12.2. The molecule has 1 aliphatic heterocycles. The molecule has 1 aromatic heterocycles. The van der Waals surface area contributed by atoms with Gasteiger partial charge >= 0.3 is 13.3 Å². The molecule has 1 N–H and O–H groups in total. The Balaban J connectivity index is 2.14. The minimum absolute atomic E-state index is 0.176. The van der Waals surface area contributed by atoms with Crippen LogP contribution >= 0.6 is 0 Å². The van der Waals surface area contributed by atoms with Gasteiger partial charge in [0, 0.05) is 11.7 Å². The molecule has 1 aromatic rings. The van der Waals surface area contributed by atoms with Crippen LogP contribution in [0.4, 0.5) is 19.0 Å². The molecule has 22 heavy (non-hydrogen) atoms. The molecule has 2 heterocycles. The van der Waals surface area contributed by atoms with Crippen LogP contribution in [0.3, 0.4) is 0 Å². The zero-order valence-corrected chi connectivity index (χ0v) is 13.3. The first-order chi connectivity index (χ1) is 9.91. The van der Waals surface area contributed by atoms with Gasteiger partial charge < -0.3 is 14.6 Å². The Morgan fingerprint density at radius 3 is 2.18 bits per heavy atom. The van der Waals surface area contributed by atoms with Crippen LogP contribution in [0.2, 0.25) is 0 Å². The number of anilines is 1. The van der Waals surface area contributed by atoms with Gasteiger partial charge in [-0.15, -0.1) is 0 Å². The van der Waals surface area contributed by atoms with Crippen molar-refractivity contribution < 1.29 is 22.5 Å². The van der Waals surface area contributed by atoms with Crippen molar-refractivity contribution in [2.75, 3.05) is 11.9 Å². The van der Waals surface area contributed by atoms with Crippen LogP contribution in [0.25, 0.3) is 0 Å². The second-order valence-electron chi connectivity index (χ2n) is 6.48. The minimum atomic E-state index is -4.28. The molecule has 1 aliphatic rings. The molecule has 0 amide bonds. The third-order valence-electron chi connectivity index (χ3n) is 4.13. The summed E-state index contributed by atoms with van der Waals surface area (Å²) in [5.41, 5.74) is 0.531. The molecular formula is C14H20BF3N2O2. The number of halogens is 3. The molecule has 8 heteroatoms. The van der Waals surface area contributed by atoms with Gasteiger partial charge in [0.2, 0.25) is 0 Å². The van der Waals surface area contributed by atoms with E-state index in [1.165, 1.54) is 6.20 Å². The highest BCUT2D eigenvalue weighted by atomic mass is 19.4. The maximum atomic E-state index is 12.2. The topological polar surface area (TPSA) is 43.4 Å². The van der Waals surface area contributed by atoms with Crippen LogP contribution in [-0.2, 0) is 9.31 Å². The number of nitrogens with one attached hydrogen (secondary N) is 1. The Morgan fingerprint density at radius 1 is 1.18 bits per heavy atom. The van der Waals surface area contributed by atoms with Crippen molar-refractivity contribution in [1.82, 2.24) is 4.98 Å². The number of aryl methyl sites for hydroxylation is 1. The summed E-state index contributed by atoms with van der Waals surface area (Å²) in [6, 6.07) is 1.56. The number of rotatable bonds is 3. The third-order valence-corrected chi connectivity index (χ3v) is 4.13. The molecule has 0 unspecified atom stereocenters. The number of aromatic nitrogens is 1. The van der Waals surface area contributed by atoms with Gasteiger partial charge in [-0.3, -0.25) is 0 Å². The standard InChI is InChI=1S/C14H20BF3N2O2/c1-9-6-11(20-8-14(16,17)18)19-7-10(9)15-21-12(2,3)13(4,5)22-15/h6-7H,8H2,1-5H3,(H,19,20). The first-order valence-corrected chi connectivity index (χ1v) is 7.04. The van der Waals surface area contributed by atoms with E-state index < -0.39 is 31.0 Å². The smallest absolute Gasteiger partial charge is 0.399 e. The van der Waals surface area contributed by atoms with Gasteiger partial charge in [0.05, 0.1) is 11.2 Å². The van der Waals surface area contributed by atoms with Crippen molar-refractivity contribution in [2.45, 2.75) is 52.0 Å². The van der Waals surface area contributed by atoms with E-state index in [0.717, 1.165) is 11.0 Å². The van der Waals surface area contributed by atoms with Crippen molar-refractivity contribution in [3.05, 3.63) is 17.8 Å². The van der Waals surface area contributed by atoms with Gasteiger partial charge in [0.1, 0.15) is 12.4 Å². The van der Waals surface area contributed by atoms with E-state index in [9.17, 15) is 13.2 Å².